The van der Waals surface area contributed by atoms with Crippen LogP contribution in [0.4, 0.5) is 5.69 Å². The summed E-state index contributed by atoms with van der Waals surface area (Å²) in [5.41, 5.74) is 0.296. The van der Waals surface area contributed by atoms with Crippen molar-refractivity contribution in [2.75, 3.05) is 0 Å². The van der Waals surface area contributed by atoms with E-state index in [1.807, 2.05) is 0 Å². The summed E-state index contributed by atoms with van der Waals surface area (Å²) >= 11 is 0. The number of terminal acetylenes is 1. The van der Waals surface area contributed by atoms with E-state index in [0.29, 0.717) is 5.56 Å². The first-order chi connectivity index (χ1) is 9.36. The van der Waals surface area contributed by atoms with Gasteiger partial charge in [-0.15, -0.1) is 12.3 Å². The first-order valence-corrected chi connectivity index (χ1v) is 5.59. The minimum atomic E-state index is -1.26. The summed E-state index contributed by atoms with van der Waals surface area (Å²) in [6, 6.07) is 2.55. The van der Waals surface area contributed by atoms with E-state index in [2.05, 4.69) is 11.2 Å². The molecule has 0 aromatic heterocycles. The van der Waals surface area contributed by atoms with Gasteiger partial charge in [-0.3, -0.25) is 14.9 Å². The summed E-state index contributed by atoms with van der Waals surface area (Å²) in [5, 5.41) is 21.8. The van der Waals surface area contributed by atoms with Crippen molar-refractivity contribution in [3.05, 3.63) is 39.4 Å². The monoisotopic (exact) mass is 276 g/mol. The minimum absolute atomic E-state index is 0.0440. The Morgan fingerprint density at radius 2 is 2.20 bits per heavy atom. The van der Waals surface area contributed by atoms with Gasteiger partial charge in [0, 0.05) is 24.1 Å². The van der Waals surface area contributed by atoms with Crippen LogP contribution in [0, 0.1) is 29.4 Å². The van der Waals surface area contributed by atoms with E-state index in [1.165, 1.54) is 12.1 Å². The molecule has 1 rings (SSSR count). The quantitative estimate of drug-likeness (QED) is 0.475. The van der Waals surface area contributed by atoms with Crippen LogP contribution in [0.25, 0.3) is 0 Å². The van der Waals surface area contributed by atoms with Gasteiger partial charge < -0.3 is 10.4 Å². The summed E-state index contributed by atoms with van der Waals surface area (Å²) in [7, 11) is 0. The molecule has 0 aliphatic rings. The third kappa shape index (κ3) is 3.55. The molecule has 0 spiro atoms. The number of hydrogen-bond donors (Lipinski definition) is 2. The van der Waals surface area contributed by atoms with Gasteiger partial charge in [-0.25, -0.2) is 4.79 Å². The number of carboxylic acids is 1. The fourth-order valence-electron chi connectivity index (χ4n) is 1.52. The Morgan fingerprint density at radius 1 is 1.55 bits per heavy atom. The number of aliphatic carboxylic acids is 1. The molecule has 7 heteroatoms. The molecule has 0 fully saturated rings. The Kier molecular flexibility index (Phi) is 4.81. The number of nitro benzene ring substituents is 1. The first-order valence-electron chi connectivity index (χ1n) is 5.59. The Labute approximate surface area is 114 Å². The minimum Gasteiger partial charge on any atom is -0.480 e. The van der Waals surface area contributed by atoms with Crippen molar-refractivity contribution >= 4 is 17.6 Å². The van der Waals surface area contributed by atoms with Gasteiger partial charge in [0.15, 0.2) is 0 Å². The van der Waals surface area contributed by atoms with Crippen LogP contribution >= 0.6 is 0 Å². The van der Waals surface area contributed by atoms with Crippen LogP contribution in [-0.2, 0) is 4.79 Å². The molecular weight excluding hydrogens is 264 g/mol. The number of nitrogens with zero attached hydrogens (tertiary/aromatic N) is 1. The van der Waals surface area contributed by atoms with Crippen molar-refractivity contribution < 1.29 is 19.6 Å². The Bertz CT molecular complexity index is 603. The summed E-state index contributed by atoms with van der Waals surface area (Å²) in [4.78, 5) is 32.9. The number of nitro groups is 1. The molecule has 1 amide bonds. The SMILES string of the molecule is C#CCC(NC(=O)c1cc([N+](=O)[O-])ccc1C)C(=O)O. The van der Waals surface area contributed by atoms with E-state index < -0.39 is 22.8 Å². The van der Waals surface area contributed by atoms with Crippen molar-refractivity contribution in [3.63, 3.8) is 0 Å². The lowest BCUT2D eigenvalue weighted by Gasteiger charge is -2.12. The van der Waals surface area contributed by atoms with Crippen LogP contribution in [0.5, 0.6) is 0 Å². The Balaban J connectivity index is 3.02. The van der Waals surface area contributed by atoms with Crippen molar-refractivity contribution in [2.24, 2.45) is 0 Å². The molecule has 0 aliphatic heterocycles. The molecule has 0 radical (unpaired) electrons. The predicted octanol–water partition coefficient (Wildman–Crippen LogP) is 1.11. The van der Waals surface area contributed by atoms with E-state index in [-0.39, 0.29) is 17.7 Å². The normalized spacial score (nSPS) is 11.2. The van der Waals surface area contributed by atoms with Crippen molar-refractivity contribution in [2.45, 2.75) is 19.4 Å². The maximum absolute atomic E-state index is 12.0. The van der Waals surface area contributed by atoms with E-state index >= 15 is 0 Å². The van der Waals surface area contributed by atoms with Crippen molar-refractivity contribution in [3.8, 4) is 12.3 Å². The molecule has 20 heavy (non-hydrogen) atoms. The van der Waals surface area contributed by atoms with Gasteiger partial charge in [-0.2, -0.15) is 0 Å². The van der Waals surface area contributed by atoms with Crippen LogP contribution in [0.2, 0.25) is 0 Å². The van der Waals surface area contributed by atoms with Gasteiger partial charge >= 0.3 is 5.97 Å². The zero-order valence-electron chi connectivity index (χ0n) is 10.6. The molecular formula is C13H12N2O5. The highest BCUT2D eigenvalue weighted by atomic mass is 16.6. The molecule has 2 N–H and O–H groups in total. The van der Waals surface area contributed by atoms with Gasteiger partial charge in [0.05, 0.1) is 4.92 Å². The predicted molar refractivity (Wildman–Crippen MR) is 70.2 cm³/mol. The number of rotatable bonds is 5. The van der Waals surface area contributed by atoms with Crippen molar-refractivity contribution in [1.82, 2.24) is 5.32 Å². The largest absolute Gasteiger partial charge is 0.480 e. The first kappa shape index (κ1) is 15.2. The molecule has 7 nitrogen and oxygen atoms in total. The van der Waals surface area contributed by atoms with Gasteiger partial charge in [0.2, 0.25) is 0 Å². The molecule has 1 atom stereocenters. The van der Waals surface area contributed by atoms with E-state index in [4.69, 9.17) is 11.5 Å². The van der Waals surface area contributed by atoms with E-state index in [9.17, 15) is 19.7 Å². The second-order valence-corrected chi connectivity index (χ2v) is 4.03. The third-order valence-corrected chi connectivity index (χ3v) is 2.60. The standard InChI is InChI=1S/C13H12N2O5/c1-3-4-11(13(17)18)14-12(16)10-7-9(15(19)20)6-5-8(10)2/h1,5-7,11H,4H2,2H3,(H,14,16)(H,17,18). The summed E-state index contributed by atoms with van der Waals surface area (Å²) in [6.45, 7) is 1.59. The maximum atomic E-state index is 12.0. The molecule has 0 saturated carbocycles. The Hall–Kier alpha value is -2.88. The van der Waals surface area contributed by atoms with E-state index in [1.54, 1.807) is 6.92 Å². The zero-order chi connectivity index (χ0) is 15.3. The third-order valence-electron chi connectivity index (χ3n) is 2.60. The number of amides is 1. The van der Waals surface area contributed by atoms with Crippen LogP contribution in [-0.4, -0.2) is 27.9 Å². The molecule has 1 unspecified atom stereocenters. The molecule has 0 bridgehead atoms. The van der Waals surface area contributed by atoms with Gasteiger partial charge in [0.1, 0.15) is 6.04 Å². The fourth-order valence-corrected chi connectivity index (χ4v) is 1.52. The molecule has 1 aromatic rings. The summed E-state index contributed by atoms with van der Waals surface area (Å²) < 4.78 is 0. The average Bonchev–Trinajstić information content (AvgIpc) is 2.38. The topological polar surface area (TPSA) is 110 Å². The number of carbonyl (C=O) groups excluding carboxylic acids is 1. The van der Waals surface area contributed by atoms with Crippen LogP contribution in [0.15, 0.2) is 18.2 Å². The highest BCUT2D eigenvalue weighted by molar-refractivity contribution is 5.98. The van der Waals surface area contributed by atoms with Crippen molar-refractivity contribution in [1.29, 1.82) is 0 Å². The lowest BCUT2D eigenvalue weighted by molar-refractivity contribution is -0.384. The average molecular weight is 276 g/mol. The van der Waals surface area contributed by atoms with E-state index in [0.717, 1.165) is 6.07 Å². The second kappa shape index (κ2) is 6.33. The molecule has 0 aliphatic carbocycles. The van der Waals surface area contributed by atoms with Crippen LogP contribution < -0.4 is 5.32 Å². The Morgan fingerprint density at radius 3 is 2.70 bits per heavy atom. The number of benzene rings is 1. The maximum Gasteiger partial charge on any atom is 0.327 e. The highest BCUT2D eigenvalue weighted by Crippen LogP contribution is 2.17. The lowest BCUT2D eigenvalue weighted by Crippen LogP contribution is -2.40. The lowest BCUT2D eigenvalue weighted by atomic mass is 10.1. The zero-order valence-corrected chi connectivity index (χ0v) is 10.6. The smallest absolute Gasteiger partial charge is 0.327 e. The fraction of sp³-hybridized carbons (Fsp3) is 0.231. The highest BCUT2D eigenvalue weighted by Gasteiger charge is 2.21. The number of carboxylic acid groups (broad SMARTS) is 1. The number of aryl methyl sites for hydroxylation is 1. The molecule has 104 valence electrons. The van der Waals surface area contributed by atoms with Gasteiger partial charge in [-0.1, -0.05) is 6.07 Å². The number of carbonyl (C=O) groups is 2. The summed E-state index contributed by atoms with van der Waals surface area (Å²) in [5.74, 6) is 0.168. The van der Waals surface area contributed by atoms with Crippen LogP contribution in [0.1, 0.15) is 22.3 Å². The number of nitrogens with one attached hydrogen (secondary N) is 1. The van der Waals surface area contributed by atoms with Gasteiger partial charge in [0.25, 0.3) is 11.6 Å². The molecule has 0 heterocycles. The molecule has 1 aromatic carbocycles. The summed E-state index contributed by atoms with van der Waals surface area (Å²) in [6.07, 6.45) is 4.85. The molecule has 0 saturated heterocycles. The van der Waals surface area contributed by atoms with Gasteiger partial charge in [-0.05, 0) is 12.5 Å². The second-order valence-electron chi connectivity index (χ2n) is 4.03. The van der Waals surface area contributed by atoms with Crippen LogP contribution in [0.3, 0.4) is 0 Å². The number of hydrogen-bond acceptors (Lipinski definition) is 4. The number of non-ortho nitro benzene ring substituents is 1.